The molecule has 0 aromatic heterocycles. The Morgan fingerprint density at radius 2 is 2.14 bits per heavy atom. The van der Waals surface area contributed by atoms with Crippen molar-refractivity contribution >= 4 is 27.6 Å². The van der Waals surface area contributed by atoms with E-state index in [1.807, 2.05) is 0 Å². The Morgan fingerprint density at radius 1 is 1.38 bits per heavy atom. The Bertz CT molecular complexity index is 540. The van der Waals surface area contributed by atoms with E-state index in [4.69, 9.17) is 15.2 Å². The zero-order chi connectivity index (χ0) is 14.9. The maximum absolute atomic E-state index is 12.2. The summed E-state index contributed by atoms with van der Waals surface area (Å²) in [5, 5.41) is 0. The number of anilines is 1. The van der Waals surface area contributed by atoms with Crippen molar-refractivity contribution in [2.75, 3.05) is 12.3 Å². The molecule has 0 amide bonds. The van der Waals surface area contributed by atoms with Crippen molar-refractivity contribution in [2.24, 2.45) is 0 Å². The van der Waals surface area contributed by atoms with Crippen LogP contribution in [0.25, 0.3) is 0 Å². The van der Waals surface area contributed by atoms with E-state index in [2.05, 4.69) is 15.9 Å². The van der Waals surface area contributed by atoms with Crippen LogP contribution in [0.15, 0.2) is 22.7 Å². The molecule has 5 heteroatoms. The lowest BCUT2D eigenvalue weighted by Gasteiger charge is -2.37. The minimum atomic E-state index is -0.297. The molecule has 1 saturated heterocycles. The molecule has 3 rings (SSSR count). The Kier molecular flexibility index (Phi) is 4.22. The molecular weight excluding hydrogens is 334 g/mol. The number of carbonyl (C=O) groups is 1. The van der Waals surface area contributed by atoms with E-state index >= 15 is 0 Å². The summed E-state index contributed by atoms with van der Waals surface area (Å²) < 4.78 is 12.4. The van der Waals surface area contributed by atoms with Gasteiger partial charge in [0, 0.05) is 23.0 Å². The lowest BCUT2D eigenvalue weighted by molar-refractivity contribution is -0.117. The molecule has 1 spiro atoms. The van der Waals surface area contributed by atoms with E-state index in [9.17, 15) is 4.79 Å². The molecule has 2 fully saturated rings. The van der Waals surface area contributed by atoms with Gasteiger partial charge in [0.2, 0.25) is 0 Å². The van der Waals surface area contributed by atoms with E-state index in [0.717, 1.165) is 30.2 Å². The highest BCUT2D eigenvalue weighted by Crippen LogP contribution is 2.40. The number of nitrogen functional groups attached to an aromatic ring is 1. The fourth-order valence-electron chi connectivity index (χ4n) is 3.34. The molecule has 1 aromatic rings. The second-order valence-corrected chi connectivity index (χ2v) is 6.85. The monoisotopic (exact) mass is 353 g/mol. The van der Waals surface area contributed by atoms with E-state index in [1.165, 1.54) is 12.8 Å². The van der Waals surface area contributed by atoms with Gasteiger partial charge in [-0.3, -0.25) is 0 Å². The molecule has 114 valence electrons. The van der Waals surface area contributed by atoms with Gasteiger partial charge in [-0.25, -0.2) is 4.79 Å². The first-order valence-corrected chi connectivity index (χ1v) is 8.27. The molecule has 1 saturated carbocycles. The van der Waals surface area contributed by atoms with E-state index in [-0.39, 0.29) is 17.7 Å². The normalized spacial score (nSPS) is 24.1. The highest BCUT2D eigenvalue weighted by molar-refractivity contribution is 9.10. The number of ether oxygens (including phenoxy) is 2. The third-order valence-corrected chi connectivity index (χ3v) is 5.19. The van der Waals surface area contributed by atoms with Crippen molar-refractivity contribution in [3.05, 3.63) is 28.2 Å². The van der Waals surface area contributed by atoms with Gasteiger partial charge in [0.05, 0.1) is 17.8 Å². The number of rotatable bonds is 2. The highest BCUT2D eigenvalue weighted by atomic mass is 79.9. The van der Waals surface area contributed by atoms with E-state index in [1.54, 1.807) is 18.2 Å². The van der Waals surface area contributed by atoms with Crippen LogP contribution in [0.1, 0.15) is 48.9 Å². The third-order valence-electron chi connectivity index (χ3n) is 4.47. The van der Waals surface area contributed by atoms with Gasteiger partial charge in [-0.05, 0) is 47.0 Å². The summed E-state index contributed by atoms with van der Waals surface area (Å²) >= 11 is 3.32. The van der Waals surface area contributed by atoms with Crippen LogP contribution in [0, 0.1) is 0 Å². The number of hydrogen-bond donors (Lipinski definition) is 1. The summed E-state index contributed by atoms with van der Waals surface area (Å²) in [6.45, 7) is 0.681. The fraction of sp³-hybridized carbons (Fsp3) is 0.562. The predicted molar refractivity (Wildman–Crippen MR) is 84.1 cm³/mol. The van der Waals surface area contributed by atoms with Gasteiger partial charge in [-0.2, -0.15) is 0 Å². The lowest BCUT2D eigenvalue weighted by Crippen LogP contribution is -2.41. The Hall–Kier alpha value is -1.07. The van der Waals surface area contributed by atoms with Crippen molar-refractivity contribution in [1.82, 2.24) is 0 Å². The standard InChI is InChI=1S/C16H20BrNO3/c17-13-4-3-11(9-14(13)18)15(19)21-12-5-8-20-16(10-12)6-1-2-7-16/h3-4,9,12H,1-2,5-8,10,18H2. The Morgan fingerprint density at radius 3 is 2.86 bits per heavy atom. The van der Waals surface area contributed by atoms with Crippen LogP contribution in [-0.2, 0) is 9.47 Å². The number of nitrogens with two attached hydrogens (primary N) is 1. The predicted octanol–water partition coefficient (Wildman–Crippen LogP) is 3.68. The maximum atomic E-state index is 12.2. The quantitative estimate of drug-likeness (QED) is 0.650. The number of benzene rings is 1. The molecule has 0 radical (unpaired) electrons. The SMILES string of the molecule is Nc1cc(C(=O)OC2CCOC3(CCCC3)C2)ccc1Br. The minimum Gasteiger partial charge on any atom is -0.459 e. The summed E-state index contributed by atoms with van der Waals surface area (Å²) in [4.78, 5) is 12.2. The maximum Gasteiger partial charge on any atom is 0.338 e. The number of hydrogen-bond acceptors (Lipinski definition) is 4. The zero-order valence-corrected chi connectivity index (χ0v) is 13.5. The van der Waals surface area contributed by atoms with Gasteiger partial charge >= 0.3 is 5.97 Å². The fourth-order valence-corrected chi connectivity index (χ4v) is 3.59. The Labute approximate surface area is 133 Å². The second-order valence-electron chi connectivity index (χ2n) is 5.99. The summed E-state index contributed by atoms with van der Waals surface area (Å²) in [5.41, 5.74) is 6.82. The molecule has 2 aliphatic rings. The van der Waals surface area contributed by atoms with Crippen molar-refractivity contribution in [3.63, 3.8) is 0 Å². The van der Waals surface area contributed by atoms with Crippen LogP contribution in [0.2, 0.25) is 0 Å². The summed E-state index contributed by atoms with van der Waals surface area (Å²) in [5.74, 6) is -0.297. The van der Waals surface area contributed by atoms with Gasteiger partial charge in [-0.1, -0.05) is 12.8 Å². The summed E-state index contributed by atoms with van der Waals surface area (Å²) in [6, 6.07) is 5.15. The van der Waals surface area contributed by atoms with Crippen LogP contribution < -0.4 is 5.73 Å². The molecule has 1 aliphatic heterocycles. The molecule has 4 nitrogen and oxygen atoms in total. The van der Waals surface area contributed by atoms with Crippen LogP contribution in [0.4, 0.5) is 5.69 Å². The second kappa shape index (κ2) is 5.97. The third kappa shape index (κ3) is 3.24. The van der Waals surface area contributed by atoms with Gasteiger partial charge in [-0.15, -0.1) is 0 Å². The average Bonchev–Trinajstić information content (AvgIpc) is 2.89. The van der Waals surface area contributed by atoms with Crippen LogP contribution in [-0.4, -0.2) is 24.3 Å². The van der Waals surface area contributed by atoms with E-state index < -0.39 is 0 Å². The first-order valence-electron chi connectivity index (χ1n) is 7.48. The summed E-state index contributed by atoms with van der Waals surface area (Å²) in [7, 11) is 0. The van der Waals surface area contributed by atoms with Crippen molar-refractivity contribution in [3.8, 4) is 0 Å². The van der Waals surface area contributed by atoms with Gasteiger partial charge < -0.3 is 15.2 Å². The van der Waals surface area contributed by atoms with Crippen LogP contribution >= 0.6 is 15.9 Å². The first kappa shape index (κ1) is 14.9. The zero-order valence-electron chi connectivity index (χ0n) is 11.9. The summed E-state index contributed by atoms with van der Waals surface area (Å²) in [6.07, 6.45) is 6.16. The van der Waals surface area contributed by atoms with Gasteiger partial charge in [0.25, 0.3) is 0 Å². The average molecular weight is 354 g/mol. The topological polar surface area (TPSA) is 61.6 Å². The van der Waals surface area contributed by atoms with Crippen LogP contribution in [0.5, 0.6) is 0 Å². The Balaban J connectivity index is 1.65. The highest BCUT2D eigenvalue weighted by Gasteiger charge is 2.41. The molecule has 1 heterocycles. The van der Waals surface area contributed by atoms with Crippen molar-refractivity contribution in [1.29, 1.82) is 0 Å². The largest absolute Gasteiger partial charge is 0.459 e. The molecule has 1 aromatic carbocycles. The number of esters is 1. The van der Waals surface area contributed by atoms with Gasteiger partial charge in [0.15, 0.2) is 0 Å². The molecule has 2 N–H and O–H groups in total. The van der Waals surface area contributed by atoms with E-state index in [0.29, 0.717) is 17.9 Å². The molecule has 1 atom stereocenters. The number of carbonyl (C=O) groups excluding carboxylic acids is 1. The molecule has 1 unspecified atom stereocenters. The van der Waals surface area contributed by atoms with Crippen LogP contribution in [0.3, 0.4) is 0 Å². The smallest absolute Gasteiger partial charge is 0.338 e. The molecule has 21 heavy (non-hydrogen) atoms. The molecular formula is C16H20BrNO3. The lowest BCUT2D eigenvalue weighted by atomic mass is 9.90. The molecule has 1 aliphatic carbocycles. The molecule has 0 bridgehead atoms. The first-order chi connectivity index (χ1) is 10.1. The minimum absolute atomic E-state index is 0.0397. The van der Waals surface area contributed by atoms with Crippen molar-refractivity contribution < 1.29 is 14.3 Å². The number of halogens is 1. The van der Waals surface area contributed by atoms with Gasteiger partial charge in [0.1, 0.15) is 6.10 Å². The van der Waals surface area contributed by atoms with Crippen molar-refractivity contribution in [2.45, 2.75) is 50.2 Å².